The van der Waals surface area contributed by atoms with E-state index in [1.54, 1.807) is 6.07 Å². The van der Waals surface area contributed by atoms with Crippen LogP contribution in [0.3, 0.4) is 0 Å². The summed E-state index contributed by atoms with van der Waals surface area (Å²) in [5.41, 5.74) is 1.60. The van der Waals surface area contributed by atoms with E-state index >= 15 is 0 Å². The summed E-state index contributed by atoms with van der Waals surface area (Å²) in [6, 6.07) is 3.35. The van der Waals surface area contributed by atoms with Gasteiger partial charge in [0.25, 0.3) is 0 Å². The first-order chi connectivity index (χ1) is 11.2. The number of aromatic nitrogens is 2. The second kappa shape index (κ2) is 6.82. The average Bonchev–Trinajstić information content (AvgIpc) is 3.02. The zero-order valence-corrected chi connectivity index (χ0v) is 13.8. The van der Waals surface area contributed by atoms with E-state index in [4.69, 9.17) is 9.47 Å². The Kier molecular flexibility index (Phi) is 4.61. The summed E-state index contributed by atoms with van der Waals surface area (Å²) < 4.78 is 11.0. The van der Waals surface area contributed by atoms with Crippen molar-refractivity contribution in [1.29, 1.82) is 0 Å². The van der Waals surface area contributed by atoms with Gasteiger partial charge in [0.15, 0.2) is 11.5 Å². The minimum Gasteiger partial charge on any atom is -0.486 e. The Morgan fingerprint density at radius 2 is 1.91 bits per heavy atom. The monoisotopic (exact) mass is 334 g/mol. The van der Waals surface area contributed by atoms with Crippen molar-refractivity contribution in [2.24, 2.45) is 0 Å². The molecular formula is C15H18N4O3S. The maximum Gasteiger partial charge on any atom is 0.319 e. The smallest absolute Gasteiger partial charge is 0.319 e. The van der Waals surface area contributed by atoms with Gasteiger partial charge < -0.3 is 20.1 Å². The van der Waals surface area contributed by atoms with Crippen LogP contribution in [-0.2, 0) is 13.0 Å². The van der Waals surface area contributed by atoms with Crippen LogP contribution < -0.4 is 20.1 Å². The molecule has 1 aromatic heterocycles. The second-order valence-corrected chi connectivity index (χ2v) is 6.21. The maximum atomic E-state index is 12.0. The van der Waals surface area contributed by atoms with Crippen molar-refractivity contribution >= 4 is 23.1 Å². The number of hydrogen-bond donors (Lipinski definition) is 2. The number of aryl methyl sites for hydroxylation is 2. The summed E-state index contributed by atoms with van der Waals surface area (Å²) in [6.07, 6.45) is 0.847. The highest BCUT2D eigenvalue weighted by molar-refractivity contribution is 7.11. The molecule has 2 aromatic rings. The zero-order valence-electron chi connectivity index (χ0n) is 13.0. The largest absolute Gasteiger partial charge is 0.486 e. The van der Waals surface area contributed by atoms with Crippen molar-refractivity contribution in [2.45, 2.75) is 26.8 Å². The molecule has 0 fully saturated rings. The van der Waals surface area contributed by atoms with E-state index in [9.17, 15) is 4.79 Å². The van der Waals surface area contributed by atoms with Crippen LogP contribution in [0.25, 0.3) is 0 Å². The lowest BCUT2D eigenvalue weighted by atomic mass is 10.1. The van der Waals surface area contributed by atoms with Crippen LogP contribution in [0.2, 0.25) is 0 Å². The van der Waals surface area contributed by atoms with Crippen LogP contribution in [0.15, 0.2) is 12.1 Å². The summed E-state index contributed by atoms with van der Waals surface area (Å²) in [4.78, 5) is 12.0. The Balaban J connectivity index is 1.61. The van der Waals surface area contributed by atoms with Gasteiger partial charge in [-0.25, -0.2) is 4.79 Å². The molecule has 0 saturated carbocycles. The first-order valence-electron chi connectivity index (χ1n) is 7.42. The zero-order chi connectivity index (χ0) is 16.2. The second-order valence-electron chi connectivity index (χ2n) is 5.06. The van der Waals surface area contributed by atoms with Crippen molar-refractivity contribution in [1.82, 2.24) is 15.5 Å². The lowest BCUT2D eigenvalue weighted by Gasteiger charge is -2.20. The molecule has 2 amide bonds. The topological polar surface area (TPSA) is 85.4 Å². The first-order valence-corrected chi connectivity index (χ1v) is 8.23. The highest BCUT2D eigenvalue weighted by Crippen LogP contribution is 2.35. The number of amides is 2. The molecule has 0 aliphatic carbocycles. The van der Waals surface area contributed by atoms with Gasteiger partial charge in [-0.2, -0.15) is 0 Å². The third kappa shape index (κ3) is 3.70. The van der Waals surface area contributed by atoms with Crippen LogP contribution in [0.5, 0.6) is 11.5 Å². The average molecular weight is 334 g/mol. The Hall–Kier alpha value is -2.35. The molecule has 0 saturated heterocycles. The minimum absolute atomic E-state index is 0.293. The SMILES string of the molecule is CCc1nnc(CNC(=O)Nc2cc3c(cc2C)OCCO3)s1. The van der Waals surface area contributed by atoms with Gasteiger partial charge in [-0.3, -0.25) is 0 Å². The molecule has 0 unspecified atom stereocenters. The number of hydrogen-bond acceptors (Lipinski definition) is 6. The summed E-state index contributed by atoms with van der Waals surface area (Å²) >= 11 is 1.50. The molecule has 0 atom stereocenters. The minimum atomic E-state index is -0.293. The molecule has 0 spiro atoms. The molecule has 0 bridgehead atoms. The number of rotatable bonds is 4. The van der Waals surface area contributed by atoms with E-state index in [2.05, 4.69) is 20.8 Å². The Labute approximate surface area is 138 Å². The van der Waals surface area contributed by atoms with Crippen LogP contribution in [0.4, 0.5) is 10.5 Å². The lowest BCUT2D eigenvalue weighted by molar-refractivity contribution is 0.171. The van der Waals surface area contributed by atoms with Crippen molar-refractivity contribution < 1.29 is 14.3 Å². The standard InChI is InChI=1S/C15H18N4O3S/c1-3-13-18-19-14(23-13)8-16-15(20)17-10-7-12-11(6-9(10)2)21-4-5-22-12/h6-7H,3-5,8H2,1-2H3,(H2,16,17,20). The number of carbonyl (C=O) groups is 1. The van der Waals surface area contributed by atoms with Gasteiger partial charge in [0, 0.05) is 11.8 Å². The fourth-order valence-electron chi connectivity index (χ4n) is 2.15. The summed E-state index contributed by atoms with van der Waals surface area (Å²) in [6.45, 7) is 5.34. The first kappa shape index (κ1) is 15.5. The van der Waals surface area contributed by atoms with E-state index in [1.165, 1.54) is 11.3 Å². The molecule has 2 N–H and O–H groups in total. The molecule has 23 heavy (non-hydrogen) atoms. The fourth-order valence-corrected chi connectivity index (χ4v) is 2.87. The molecule has 122 valence electrons. The van der Waals surface area contributed by atoms with E-state index in [-0.39, 0.29) is 6.03 Å². The summed E-state index contributed by atoms with van der Waals surface area (Å²) in [7, 11) is 0. The number of fused-ring (bicyclic) bond motifs is 1. The van der Waals surface area contributed by atoms with Crippen LogP contribution in [0, 0.1) is 6.92 Å². The van der Waals surface area contributed by atoms with Gasteiger partial charge in [0.05, 0.1) is 6.54 Å². The molecule has 8 heteroatoms. The number of anilines is 1. The normalized spacial score (nSPS) is 12.8. The van der Waals surface area contributed by atoms with Gasteiger partial charge >= 0.3 is 6.03 Å². The van der Waals surface area contributed by atoms with Crippen molar-refractivity contribution in [3.05, 3.63) is 27.7 Å². The number of ether oxygens (including phenoxy) is 2. The molecule has 0 radical (unpaired) electrons. The third-order valence-electron chi connectivity index (χ3n) is 3.35. The van der Waals surface area contributed by atoms with Gasteiger partial charge in [-0.15, -0.1) is 10.2 Å². The Bertz CT molecular complexity index is 717. The van der Waals surface area contributed by atoms with Gasteiger partial charge in [0.2, 0.25) is 0 Å². The van der Waals surface area contributed by atoms with Gasteiger partial charge in [-0.05, 0) is 25.0 Å². The van der Waals surface area contributed by atoms with E-state index in [0.29, 0.717) is 36.9 Å². The molecule has 1 aliphatic heterocycles. The number of urea groups is 1. The Morgan fingerprint density at radius 1 is 1.22 bits per heavy atom. The number of benzene rings is 1. The van der Waals surface area contributed by atoms with Crippen molar-refractivity contribution in [3.63, 3.8) is 0 Å². The van der Waals surface area contributed by atoms with E-state index in [0.717, 1.165) is 22.0 Å². The highest BCUT2D eigenvalue weighted by Gasteiger charge is 2.15. The van der Waals surface area contributed by atoms with Gasteiger partial charge in [-0.1, -0.05) is 18.3 Å². The summed E-state index contributed by atoms with van der Waals surface area (Å²) in [5, 5.41) is 15.4. The number of carbonyl (C=O) groups excluding carboxylic acids is 1. The number of nitrogens with zero attached hydrogens (tertiary/aromatic N) is 2. The third-order valence-corrected chi connectivity index (χ3v) is 4.42. The molecule has 1 aliphatic rings. The predicted octanol–water partition coefficient (Wildman–Crippen LogP) is 2.50. The van der Waals surface area contributed by atoms with Crippen LogP contribution in [-0.4, -0.2) is 29.4 Å². The molecule has 3 rings (SSSR count). The van der Waals surface area contributed by atoms with Crippen molar-refractivity contribution in [2.75, 3.05) is 18.5 Å². The molecule has 7 nitrogen and oxygen atoms in total. The maximum absolute atomic E-state index is 12.0. The quantitative estimate of drug-likeness (QED) is 0.897. The van der Waals surface area contributed by atoms with Crippen LogP contribution in [0.1, 0.15) is 22.5 Å². The van der Waals surface area contributed by atoms with E-state index < -0.39 is 0 Å². The molecule has 1 aromatic carbocycles. The molecule has 2 heterocycles. The van der Waals surface area contributed by atoms with Gasteiger partial charge in [0.1, 0.15) is 23.2 Å². The molecular weight excluding hydrogens is 316 g/mol. The number of nitrogens with one attached hydrogen (secondary N) is 2. The van der Waals surface area contributed by atoms with Crippen LogP contribution >= 0.6 is 11.3 Å². The Morgan fingerprint density at radius 3 is 2.61 bits per heavy atom. The van der Waals surface area contributed by atoms with E-state index in [1.807, 2.05) is 19.9 Å². The summed E-state index contributed by atoms with van der Waals surface area (Å²) in [5.74, 6) is 1.36. The highest BCUT2D eigenvalue weighted by atomic mass is 32.1. The fraction of sp³-hybridized carbons (Fsp3) is 0.400. The lowest BCUT2D eigenvalue weighted by Crippen LogP contribution is -2.28. The van der Waals surface area contributed by atoms with Crippen molar-refractivity contribution in [3.8, 4) is 11.5 Å². The predicted molar refractivity (Wildman–Crippen MR) is 87.3 cm³/mol.